The lowest BCUT2D eigenvalue weighted by atomic mass is 9.93. The van der Waals surface area contributed by atoms with Crippen LogP contribution in [-0.2, 0) is 11.2 Å². The van der Waals surface area contributed by atoms with Gasteiger partial charge in [0.05, 0.1) is 6.33 Å². The molecule has 2 aromatic carbocycles. The molecule has 0 bridgehead atoms. The molecule has 32 heavy (non-hydrogen) atoms. The van der Waals surface area contributed by atoms with E-state index in [0.717, 1.165) is 16.8 Å². The summed E-state index contributed by atoms with van der Waals surface area (Å²) >= 11 is 0. The Hall–Kier alpha value is -3.19. The summed E-state index contributed by atoms with van der Waals surface area (Å²) < 4.78 is 18.6. The summed E-state index contributed by atoms with van der Waals surface area (Å²) in [6.45, 7) is 7.47. The Kier molecular flexibility index (Phi) is 6.99. The van der Waals surface area contributed by atoms with Gasteiger partial charge in [-0.15, -0.1) is 0 Å². The molecule has 1 unspecified atom stereocenters. The number of carbonyl (C=O) groups is 2. The molecule has 0 aromatic heterocycles. The molecule has 0 fully saturated rings. The van der Waals surface area contributed by atoms with E-state index in [4.69, 9.17) is 4.74 Å². The molecule has 2 amide bonds. The van der Waals surface area contributed by atoms with Crippen molar-refractivity contribution in [1.29, 1.82) is 0 Å². The van der Waals surface area contributed by atoms with Gasteiger partial charge in [0.1, 0.15) is 11.7 Å². The normalized spacial score (nSPS) is 15.2. The first kappa shape index (κ1) is 23.5. The highest BCUT2D eigenvalue weighted by atomic mass is 19.1. The Labute approximate surface area is 187 Å². The number of alkyl carbamates (subject to hydrolysis) is 1. The van der Waals surface area contributed by atoms with E-state index in [1.165, 1.54) is 0 Å². The van der Waals surface area contributed by atoms with Crippen molar-refractivity contribution in [3.05, 3.63) is 76.6 Å². The first-order valence-electron chi connectivity index (χ1n) is 10.5. The Morgan fingerprint density at radius 2 is 1.94 bits per heavy atom. The summed E-state index contributed by atoms with van der Waals surface area (Å²) in [6, 6.07) is 12.8. The third-order valence-electron chi connectivity index (χ3n) is 5.20. The Morgan fingerprint density at radius 3 is 2.56 bits per heavy atom. The number of aliphatic hydroxyl groups excluding tert-OH is 1. The summed E-state index contributed by atoms with van der Waals surface area (Å²) in [6.07, 6.45) is -1.06. The summed E-state index contributed by atoms with van der Waals surface area (Å²) in [5.41, 5.74) is 3.08. The van der Waals surface area contributed by atoms with Crippen molar-refractivity contribution in [2.45, 2.75) is 45.8 Å². The minimum Gasteiger partial charge on any atom is -0.444 e. The van der Waals surface area contributed by atoms with Gasteiger partial charge in [0, 0.05) is 29.9 Å². The molecular weight excluding hydrogens is 411 g/mol. The number of ether oxygens (including phenoxy) is 1. The Bertz CT molecular complexity index is 1030. The number of fused-ring (bicyclic) bond motifs is 1. The smallest absolute Gasteiger partial charge is 0.407 e. The topological polar surface area (TPSA) is 78.9 Å². The van der Waals surface area contributed by atoms with Gasteiger partial charge in [-0.1, -0.05) is 29.8 Å². The molecule has 2 aromatic rings. The Morgan fingerprint density at radius 1 is 1.25 bits per heavy atom. The summed E-state index contributed by atoms with van der Waals surface area (Å²) in [5.74, 6) is -0.107. The van der Waals surface area contributed by atoms with E-state index in [-0.39, 0.29) is 24.4 Å². The second-order valence-electron chi connectivity index (χ2n) is 8.90. The molecule has 170 valence electrons. The number of nitrogens with zero attached hydrogens (tertiary/aromatic N) is 1. The third-order valence-corrected chi connectivity index (χ3v) is 5.20. The van der Waals surface area contributed by atoms with E-state index < -0.39 is 17.8 Å². The van der Waals surface area contributed by atoms with Crippen LogP contribution in [0.3, 0.4) is 0 Å². The van der Waals surface area contributed by atoms with Gasteiger partial charge < -0.3 is 20.1 Å². The molecule has 1 heterocycles. The largest absolute Gasteiger partial charge is 0.444 e. The van der Waals surface area contributed by atoms with Gasteiger partial charge in [-0.2, -0.15) is 0 Å². The number of anilines is 1. The lowest BCUT2D eigenvalue weighted by Gasteiger charge is -2.29. The standard InChI is InChI=1S/C25H29FN2O4/c1-16-5-8-20(9-6-16)28-12-11-17-13-18(7-10-21(17)23(28)30)22(29)19(14-26)15-27-24(31)32-25(2,3)4/h5-10,13-14,22,29H,11-12,15H2,1-4H3,(H,27,31)/b19-14+. The number of aryl methyl sites for hydroxylation is 1. The first-order chi connectivity index (χ1) is 15.1. The van der Waals surface area contributed by atoms with Gasteiger partial charge in [0.25, 0.3) is 5.91 Å². The van der Waals surface area contributed by atoms with E-state index in [1.54, 1.807) is 43.9 Å². The summed E-state index contributed by atoms with van der Waals surface area (Å²) in [7, 11) is 0. The van der Waals surface area contributed by atoms with E-state index in [9.17, 15) is 19.1 Å². The van der Waals surface area contributed by atoms with Crippen LogP contribution in [0.15, 0.2) is 54.4 Å². The molecule has 0 radical (unpaired) electrons. The monoisotopic (exact) mass is 440 g/mol. The lowest BCUT2D eigenvalue weighted by Crippen LogP contribution is -2.37. The van der Waals surface area contributed by atoms with Crippen LogP contribution < -0.4 is 10.2 Å². The number of hydrogen-bond donors (Lipinski definition) is 2. The van der Waals surface area contributed by atoms with Gasteiger partial charge in [-0.3, -0.25) is 4.79 Å². The van der Waals surface area contributed by atoms with Crippen molar-refractivity contribution < 1.29 is 23.8 Å². The zero-order valence-corrected chi connectivity index (χ0v) is 18.8. The fourth-order valence-electron chi connectivity index (χ4n) is 3.55. The SMILES string of the molecule is Cc1ccc(N2CCc3cc(C(O)/C(=C/F)CNC(=O)OC(C)(C)C)ccc3C2=O)cc1. The number of halogens is 1. The second kappa shape index (κ2) is 9.53. The zero-order chi connectivity index (χ0) is 23.5. The zero-order valence-electron chi connectivity index (χ0n) is 18.8. The van der Waals surface area contributed by atoms with Gasteiger partial charge in [0.2, 0.25) is 0 Å². The highest BCUT2D eigenvalue weighted by Crippen LogP contribution is 2.29. The van der Waals surface area contributed by atoms with E-state index >= 15 is 0 Å². The second-order valence-corrected chi connectivity index (χ2v) is 8.90. The van der Waals surface area contributed by atoms with Crippen LogP contribution >= 0.6 is 0 Å². The molecule has 2 N–H and O–H groups in total. The van der Waals surface area contributed by atoms with Crippen molar-refractivity contribution in [3.8, 4) is 0 Å². The van der Waals surface area contributed by atoms with Crippen LogP contribution in [0.5, 0.6) is 0 Å². The number of benzene rings is 2. The maximum absolute atomic E-state index is 13.5. The molecule has 7 heteroatoms. The molecule has 0 saturated carbocycles. The number of amides is 2. The molecule has 0 spiro atoms. The van der Waals surface area contributed by atoms with E-state index in [2.05, 4.69) is 5.32 Å². The van der Waals surface area contributed by atoms with Crippen LogP contribution in [0.2, 0.25) is 0 Å². The van der Waals surface area contributed by atoms with Crippen molar-refractivity contribution >= 4 is 17.7 Å². The average Bonchev–Trinajstić information content (AvgIpc) is 2.73. The summed E-state index contributed by atoms with van der Waals surface area (Å²) in [4.78, 5) is 26.6. The average molecular weight is 441 g/mol. The van der Waals surface area contributed by atoms with Gasteiger partial charge in [-0.05, 0) is 63.4 Å². The van der Waals surface area contributed by atoms with Crippen molar-refractivity contribution in [3.63, 3.8) is 0 Å². The molecule has 1 aliphatic heterocycles. The van der Waals surface area contributed by atoms with Crippen LogP contribution in [0.1, 0.15) is 53.9 Å². The molecule has 0 aliphatic carbocycles. The van der Waals surface area contributed by atoms with Crippen LogP contribution in [-0.4, -0.2) is 35.8 Å². The maximum Gasteiger partial charge on any atom is 0.407 e. The highest BCUT2D eigenvalue weighted by molar-refractivity contribution is 6.08. The van der Waals surface area contributed by atoms with Crippen molar-refractivity contribution in [1.82, 2.24) is 5.32 Å². The fraction of sp³-hybridized carbons (Fsp3) is 0.360. The quantitative estimate of drug-likeness (QED) is 0.712. The fourth-order valence-corrected chi connectivity index (χ4v) is 3.55. The first-order valence-corrected chi connectivity index (χ1v) is 10.5. The number of hydrogen-bond acceptors (Lipinski definition) is 4. The number of carbonyl (C=O) groups excluding carboxylic acids is 2. The molecule has 6 nitrogen and oxygen atoms in total. The number of nitrogens with one attached hydrogen (secondary N) is 1. The van der Waals surface area contributed by atoms with Crippen LogP contribution in [0.4, 0.5) is 14.9 Å². The van der Waals surface area contributed by atoms with Crippen LogP contribution in [0, 0.1) is 6.92 Å². The molecule has 1 atom stereocenters. The van der Waals surface area contributed by atoms with E-state index in [1.807, 2.05) is 31.2 Å². The van der Waals surface area contributed by atoms with Gasteiger partial charge >= 0.3 is 6.09 Å². The maximum atomic E-state index is 13.5. The minimum absolute atomic E-state index is 0.0146. The number of rotatable bonds is 5. The van der Waals surface area contributed by atoms with Gasteiger partial charge in [-0.25, -0.2) is 9.18 Å². The Balaban J connectivity index is 1.72. The number of aliphatic hydroxyl groups is 1. The predicted octanol–water partition coefficient (Wildman–Crippen LogP) is 4.61. The van der Waals surface area contributed by atoms with E-state index in [0.29, 0.717) is 24.1 Å². The predicted molar refractivity (Wildman–Crippen MR) is 121 cm³/mol. The summed E-state index contributed by atoms with van der Waals surface area (Å²) in [5, 5.41) is 13.1. The third kappa shape index (κ3) is 5.53. The van der Waals surface area contributed by atoms with Crippen molar-refractivity contribution in [2.24, 2.45) is 0 Å². The molecule has 3 rings (SSSR count). The van der Waals surface area contributed by atoms with Crippen LogP contribution in [0.25, 0.3) is 0 Å². The highest BCUT2D eigenvalue weighted by Gasteiger charge is 2.27. The van der Waals surface area contributed by atoms with Crippen molar-refractivity contribution in [2.75, 3.05) is 18.0 Å². The molecular formula is C25H29FN2O4. The lowest BCUT2D eigenvalue weighted by molar-refractivity contribution is 0.0529. The molecule has 0 saturated heterocycles. The minimum atomic E-state index is -1.26. The molecule has 1 aliphatic rings. The van der Waals surface area contributed by atoms with Gasteiger partial charge in [0.15, 0.2) is 0 Å².